The Morgan fingerprint density at radius 2 is 1.49 bits per heavy atom. The molecule has 0 fully saturated rings. The standard InChI is InChI=1S/C29H24N4OS/c34-28(32-30-19-22-15-17-25(18-16-22)24-11-5-2-6-12-24)21-35-29-31-26-13-7-8-14-27(26)33(29)20-23-9-3-1-4-10-23/h1-19H,20-21H2,(H,32,34)/b30-19-. The molecule has 5 rings (SSSR count). The van der Waals surface area contributed by atoms with E-state index in [0.717, 1.165) is 27.3 Å². The van der Waals surface area contributed by atoms with Crippen molar-refractivity contribution in [2.75, 3.05) is 5.75 Å². The minimum Gasteiger partial charge on any atom is -0.314 e. The number of thioether (sulfide) groups is 1. The van der Waals surface area contributed by atoms with E-state index in [2.05, 4.69) is 45.4 Å². The molecule has 1 heterocycles. The van der Waals surface area contributed by atoms with Gasteiger partial charge in [0.25, 0.3) is 5.91 Å². The molecule has 0 saturated heterocycles. The monoisotopic (exact) mass is 476 g/mol. The van der Waals surface area contributed by atoms with E-state index in [4.69, 9.17) is 4.98 Å². The maximum absolute atomic E-state index is 12.4. The van der Waals surface area contributed by atoms with E-state index in [-0.39, 0.29) is 11.7 Å². The molecule has 0 aliphatic rings. The molecule has 4 aromatic carbocycles. The number of aromatic nitrogens is 2. The Morgan fingerprint density at radius 3 is 2.26 bits per heavy atom. The number of nitrogens with zero attached hydrogens (tertiary/aromatic N) is 3. The summed E-state index contributed by atoms with van der Waals surface area (Å²) < 4.78 is 2.15. The van der Waals surface area contributed by atoms with Crippen molar-refractivity contribution in [3.8, 4) is 11.1 Å². The van der Waals surface area contributed by atoms with Crippen molar-refractivity contribution in [2.24, 2.45) is 5.10 Å². The molecule has 5 aromatic rings. The SMILES string of the molecule is O=C(CSc1nc2ccccc2n1Cc1ccccc1)N/N=C\c1ccc(-c2ccccc2)cc1. The molecule has 0 atom stereocenters. The summed E-state index contributed by atoms with van der Waals surface area (Å²) in [6.45, 7) is 0.697. The van der Waals surface area contributed by atoms with Gasteiger partial charge in [0.15, 0.2) is 5.16 Å². The Kier molecular flexibility index (Phi) is 7.01. The van der Waals surface area contributed by atoms with Gasteiger partial charge in [0.05, 0.1) is 29.5 Å². The van der Waals surface area contributed by atoms with Crippen molar-refractivity contribution in [2.45, 2.75) is 11.7 Å². The van der Waals surface area contributed by atoms with Crippen LogP contribution >= 0.6 is 11.8 Å². The zero-order valence-corrected chi connectivity index (χ0v) is 19.9. The number of nitrogens with one attached hydrogen (secondary N) is 1. The van der Waals surface area contributed by atoms with Gasteiger partial charge in [-0.2, -0.15) is 5.10 Å². The van der Waals surface area contributed by atoms with Gasteiger partial charge in [-0.25, -0.2) is 10.4 Å². The molecular formula is C29H24N4OS. The summed E-state index contributed by atoms with van der Waals surface area (Å²) in [5.74, 6) is 0.0491. The fourth-order valence-electron chi connectivity index (χ4n) is 3.82. The lowest BCUT2D eigenvalue weighted by Gasteiger charge is -2.09. The number of rotatable bonds is 8. The van der Waals surface area contributed by atoms with Crippen molar-refractivity contribution < 1.29 is 4.79 Å². The normalized spacial score (nSPS) is 11.2. The molecule has 0 bridgehead atoms. The van der Waals surface area contributed by atoms with Crippen LogP contribution in [-0.4, -0.2) is 27.4 Å². The summed E-state index contributed by atoms with van der Waals surface area (Å²) in [7, 11) is 0. The largest absolute Gasteiger partial charge is 0.314 e. The van der Waals surface area contributed by atoms with Gasteiger partial charge in [0, 0.05) is 0 Å². The van der Waals surface area contributed by atoms with Crippen molar-refractivity contribution in [1.29, 1.82) is 0 Å². The predicted octanol–water partition coefficient (Wildman–Crippen LogP) is 5.99. The van der Waals surface area contributed by atoms with E-state index in [1.54, 1.807) is 6.21 Å². The molecule has 0 aliphatic carbocycles. The smallest absolute Gasteiger partial charge is 0.250 e. The number of carbonyl (C=O) groups excluding carboxylic acids is 1. The Morgan fingerprint density at radius 1 is 0.829 bits per heavy atom. The van der Waals surface area contributed by atoms with E-state index in [0.29, 0.717) is 6.54 Å². The minimum atomic E-state index is -0.175. The van der Waals surface area contributed by atoms with E-state index >= 15 is 0 Å². The van der Waals surface area contributed by atoms with Crippen LogP contribution in [0.4, 0.5) is 0 Å². The van der Waals surface area contributed by atoms with Gasteiger partial charge >= 0.3 is 0 Å². The van der Waals surface area contributed by atoms with Crippen LogP contribution in [-0.2, 0) is 11.3 Å². The van der Waals surface area contributed by atoms with Crippen LogP contribution in [0.2, 0.25) is 0 Å². The van der Waals surface area contributed by atoms with E-state index in [1.807, 2.05) is 78.9 Å². The first-order valence-corrected chi connectivity index (χ1v) is 12.3. The Balaban J connectivity index is 1.21. The Hall–Kier alpha value is -4.16. The molecule has 172 valence electrons. The van der Waals surface area contributed by atoms with Gasteiger partial charge in [-0.15, -0.1) is 0 Å². The predicted molar refractivity (Wildman–Crippen MR) is 144 cm³/mol. The zero-order valence-electron chi connectivity index (χ0n) is 19.0. The third-order valence-corrected chi connectivity index (χ3v) is 6.53. The van der Waals surface area contributed by atoms with E-state index in [9.17, 15) is 4.79 Å². The first-order chi connectivity index (χ1) is 17.3. The maximum Gasteiger partial charge on any atom is 0.250 e. The van der Waals surface area contributed by atoms with Crippen LogP contribution in [0.15, 0.2) is 119 Å². The minimum absolute atomic E-state index is 0.175. The fourth-order valence-corrected chi connectivity index (χ4v) is 4.62. The maximum atomic E-state index is 12.4. The number of hydrazone groups is 1. The number of imidazole rings is 1. The number of benzene rings is 4. The van der Waals surface area contributed by atoms with Crippen molar-refractivity contribution >= 4 is 34.9 Å². The highest BCUT2D eigenvalue weighted by Crippen LogP contribution is 2.25. The zero-order chi connectivity index (χ0) is 23.9. The summed E-state index contributed by atoms with van der Waals surface area (Å²) in [5, 5.41) is 4.93. The van der Waals surface area contributed by atoms with Gasteiger partial charge < -0.3 is 4.57 Å². The van der Waals surface area contributed by atoms with Gasteiger partial charge in [-0.05, 0) is 34.4 Å². The van der Waals surface area contributed by atoms with Crippen molar-refractivity contribution in [1.82, 2.24) is 15.0 Å². The average Bonchev–Trinajstić information content (AvgIpc) is 3.26. The highest BCUT2D eigenvalue weighted by Gasteiger charge is 2.13. The van der Waals surface area contributed by atoms with E-state index < -0.39 is 0 Å². The van der Waals surface area contributed by atoms with Gasteiger partial charge in [-0.3, -0.25) is 4.79 Å². The summed E-state index contributed by atoms with van der Waals surface area (Å²) in [6, 6.07) is 36.6. The molecule has 0 aliphatic heterocycles. The molecule has 1 aromatic heterocycles. The second kappa shape index (κ2) is 10.8. The summed E-state index contributed by atoms with van der Waals surface area (Å²) in [4.78, 5) is 17.2. The second-order valence-electron chi connectivity index (χ2n) is 8.02. The van der Waals surface area contributed by atoms with Crippen LogP contribution in [0.3, 0.4) is 0 Å². The van der Waals surface area contributed by atoms with Crippen molar-refractivity contribution in [3.05, 3.63) is 120 Å². The Bertz CT molecular complexity index is 1450. The molecule has 6 heteroatoms. The van der Waals surface area contributed by atoms with Crippen LogP contribution in [0, 0.1) is 0 Å². The molecule has 0 unspecified atom stereocenters. The number of hydrogen-bond acceptors (Lipinski definition) is 4. The second-order valence-corrected chi connectivity index (χ2v) is 8.97. The van der Waals surface area contributed by atoms with Crippen LogP contribution in [0.1, 0.15) is 11.1 Å². The molecule has 5 nitrogen and oxygen atoms in total. The topological polar surface area (TPSA) is 59.3 Å². The molecule has 1 N–H and O–H groups in total. The lowest BCUT2D eigenvalue weighted by molar-refractivity contribution is -0.118. The Labute approximate surface area is 208 Å². The lowest BCUT2D eigenvalue weighted by atomic mass is 10.0. The van der Waals surface area contributed by atoms with Crippen molar-refractivity contribution in [3.63, 3.8) is 0 Å². The summed E-state index contributed by atoms with van der Waals surface area (Å²) >= 11 is 1.41. The number of fused-ring (bicyclic) bond motifs is 1. The lowest BCUT2D eigenvalue weighted by Crippen LogP contribution is -2.20. The molecule has 1 amide bonds. The average molecular weight is 477 g/mol. The van der Waals surface area contributed by atoms with Gasteiger partial charge in [0.2, 0.25) is 0 Å². The molecule has 35 heavy (non-hydrogen) atoms. The summed E-state index contributed by atoms with van der Waals surface area (Å²) in [6.07, 6.45) is 1.65. The highest BCUT2D eigenvalue weighted by atomic mass is 32.2. The van der Waals surface area contributed by atoms with E-state index in [1.165, 1.54) is 22.9 Å². The molecule has 0 radical (unpaired) electrons. The third kappa shape index (κ3) is 5.67. The van der Waals surface area contributed by atoms with Crippen LogP contribution in [0.5, 0.6) is 0 Å². The molecule has 0 saturated carbocycles. The first-order valence-electron chi connectivity index (χ1n) is 11.4. The summed E-state index contributed by atoms with van der Waals surface area (Å²) in [5.41, 5.74) is 9.01. The molecular weight excluding hydrogens is 452 g/mol. The van der Waals surface area contributed by atoms with Gasteiger partial charge in [-0.1, -0.05) is 109 Å². The number of amides is 1. The van der Waals surface area contributed by atoms with Crippen LogP contribution < -0.4 is 5.43 Å². The number of hydrogen-bond donors (Lipinski definition) is 1. The number of para-hydroxylation sites is 2. The fraction of sp³-hybridized carbons (Fsp3) is 0.0690. The number of carbonyl (C=O) groups is 1. The third-order valence-electron chi connectivity index (χ3n) is 5.56. The quantitative estimate of drug-likeness (QED) is 0.170. The highest BCUT2D eigenvalue weighted by molar-refractivity contribution is 7.99. The first kappa shape index (κ1) is 22.6. The van der Waals surface area contributed by atoms with Gasteiger partial charge in [0.1, 0.15) is 0 Å². The van der Waals surface area contributed by atoms with Crippen LogP contribution in [0.25, 0.3) is 22.2 Å². The molecule has 0 spiro atoms.